The van der Waals surface area contributed by atoms with Crippen molar-refractivity contribution >= 4 is 5.82 Å². The zero-order chi connectivity index (χ0) is 12.0. The van der Waals surface area contributed by atoms with Crippen LogP contribution in [0.15, 0.2) is 6.33 Å². The van der Waals surface area contributed by atoms with Crippen LogP contribution in [0.25, 0.3) is 0 Å². The van der Waals surface area contributed by atoms with Crippen LogP contribution in [0, 0.1) is 0 Å². The summed E-state index contributed by atoms with van der Waals surface area (Å²) in [4.78, 5) is 7.48. The minimum absolute atomic E-state index is 0.128. The van der Waals surface area contributed by atoms with E-state index >= 15 is 0 Å². The highest BCUT2D eigenvalue weighted by molar-refractivity contribution is 5.44. The number of hydrogen-bond donors (Lipinski definition) is 2. The molecule has 1 rings (SSSR count). The highest BCUT2D eigenvalue weighted by Gasteiger charge is 2.16. The Morgan fingerprint density at radius 1 is 1.31 bits per heavy atom. The van der Waals surface area contributed by atoms with Crippen molar-refractivity contribution in [1.82, 2.24) is 9.97 Å². The standard InChI is InChI=1S/C10H17N3O3/c1-3-15-8(16-4-2)5-7-9(11)12-6-13-10(7)14/h6,8H,3-5H2,1-2H3,(H3,11,12,13,14). The van der Waals surface area contributed by atoms with Crippen LogP contribution in [0.3, 0.4) is 0 Å². The van der Waals surface area contributed by atoms with Gasteiger partial charge in [-0.15, -0.1) is 0 Å². The lowest BCUT2D eigenvalue weighted by Gasteiger charge is -2.17. The average Bonchev–Trinajstić information content (AvgIpc) is 2.24. The second-order valence-electron chi connectivity index (χ2n) is 3.11. The summed E-state index contributed by atoms with van der Waals surface area (Å²) in [5.41, 5.74) is 6.09. The summed E-state index contributed by atoms with van der Waals surface area (Å²) in [6, 6.07) is 0. The quantitative estimate of drug-likeness (QED) is 0.695. The molecule has 0 bridgehead atoms. The highest BCUT2D eigenvalue weighted by Crippen LogP contribution is 2.20. The van der Waals surface area contributed by atoms with Crippen molar-refractivity contribution in [2.75, 3.05) is 18.9 Å². The van der Waals surface area contributed by atoms with Crippen LogP contribution in [-0.4, -0.2) is 34.6 Å². The van der Waals surface area contributed by atoms with E-state index in [1.807, 2.05) is 13.8 Å². The summed E-state index contributed by atoms with van der Waals surface area (Å²) in [6.07, 6.45) is 1.11. The summed E-state index contributed by atoms with van der Waals surface area (Å²) in [6.45, 7) is 4.80. The molecule has 0 saturated carbocycles. The van der Waals surface area contributed by atoms with Gasteiger partial charge in [-0.25, -0.2) is 9.97 Å². The van der Waals surface area contributed by atoms with Crippen molar-refractivity contribution in [3.05, 3.63) is 11.9 Å². The van der Waals surface area contributed by atoms with E-state index in [1.54, 1.807) is 0 Å². The lowest BCUT2D eigenvalue weighted by Crippen LogP contribution is -2.21. The molecule has 0 unspecified atom stereocenters. The molecule has 0 atom stereocenters. The first-order valence-corrected chi connectivity index (χ1v) is 5.20. The van der Waals surface area contributed by atoms with E-state index in [4.69, 9.17) is 15.2 Å². The van der Waals surface area contributed by atoms with Crippen LogP contribution in [0.5, 0.6) is 5.88 Å². The molecule has 0 amide bonds. The molecule has 6 nitrogen and oxygen atoms in total. The number of rotatable bonds is 6. The zero-order valence-corrected chi connectivity index (χ0v) is 9.51. The molecule has 3 N–H and O–H groups in total. The van der Waals surface area contributed by atoms with Gasteiger partial charge in [-0.05, 0) is 13.8 Å². The van der Waals surface area contributed by atoms with Gasteiger partial charge in [0, 0.05) is 19.6 Å². The molecule has 0 radical (unpaired) electrons. The molecule has 0 spiro atoms. The van der Waals surface area contributed by atoms with Crippen LogP contribution in [-0.2, 0) is 15.9 Å². The Morgan fingerprint density at radius 3 is 2.44 bits per heavy atom. The molecule has 0 aliphatic rings. The van der Waals surface area contributed by atoms with E-state index in [0.29, 0.717) is 25.2 Å². The first-order chi connectivity index (χ1) is 7.69. The van der Waals surface area contributed by atoms with E-state index < -0.39 is 6.29 Å². The molecule has 16 heavy (non-hydrogen) atoms. The van der Waals surface area contributed by atoms with Crippen LogP contribution in [0.4, 0.5) is 5.82 Å². The number of ether oxygens (including phenoxy) is 2. The molecule has 0 saturated heterocycles. The minimum Gasteiger partial charge on any atom is -0.493 e. The fourth-order valence-corrected chi connectivity index (χ4v) is 1.32. The lowest BCUT2D eigenvalue weighted by molar-refractivity contribution is -0.134. The largest absolute Gasteiger partial charge is 0.493 e. The smallest absolute Gasteiger partial charge is 0.219 e. The molecule has 6 heteroatoms. The van der Waals surface area contributed by atoms with Gasteiger partial charge in [-0.2, -0.15) is 0 Å². The van der Waals surface area contributed by atoms with Crippen molar-refractivity contribution in [3.63, 3.8) is 0 Å². The van der Waals surface area contributed by atoms with Crippen LogP contribution in [0.1, 0.15) is 19.4 Å². The maximum absolute atomic E-state index is 9.53. The molecule has 0 fully saturated rings. The highest BCUT2D eigenvalue weighted by atomic mass is 16.7. The third-order valence-electron chi connectivity index (χ3n) is 2.03. The normalized spacial score (nSPS) is 10.9. The molecule has 1 aromatic heterocycles. The minimum atomic E-state index is -0.436. The Bertz CT molecular complexity index is 307. The number of nitrogen functional groups attached to an aromatic ring is 1. The van der Waals surface area contributed by atoms with Crippen LogP contribution < -0.4 is 5.73 Å². The van der Waals surface area contributed by atoms with E-state index in [2.05, 4.69) is 9.97 Å². The Kier molecular flexibility index (Phi) is 4.94. The lowest BCUT2D eigenvalue weighted by atomic mass is 10.2. The summed E-state index contributed by atoms with van der Waals surface area (Å²) in [5.74, 6) is 0.119. The van der Waals surface area contributed by atoms with Crippen molar-refractivity contribution < 1.29 is 14.6 Å². The monoisotopic (exact) mass is 227 g/mol. The molecule has 90 valence electrons. The zero-order valence-electron chi connectivity index (χ0n) is 9.51. The first-order valence-electron chi connectivity index (χ1n) is 5.20. The Morgan fingerprint density at radius 2 is 1.94 bits per heavy atom. The van der Waals surface area contributed by atoms with Crippen molar-refractivity contribution in [2.45, 2.75) is 26.6 Å². The van der Waals surface area contributed by atoms with Gasteiger partial charge in [0.25, 0.3) is 0 Å². The molecule has 0 aliphatic heterocycles. The first kappa shape index (κ1) is 12.7. The molecule has 1 heterocycles. The van der Waals surface area contributed by atoms with E-state index in [0.717, 1.165) is 0 Å². The Hall–Kier alpha value is -1.40. The van der Waals surface area contributed by atoms with Crippen LogP contribution >= 0.6 is 0 Å². The number of hydrogen-bond acceptors (Lipinski definition) is 6. The van der Waals surface area contributed by atoms with Crippen molar-refractivity contribution in [2.24, 2.45) is 0 Å². The summed E-state index contributed by atoms with van der Waals surface area (Å²) in [7, 11) is 0. The third-order valence-corrected chi connectivity index (χ3v) is 2.03. The Balaban J connectivity index is 2.76. The van der Waals surface area contributed by atoms with Crippen molar-refractivity contribution in [3.8, 4) is 5.88 Å². The predicted molar refractivity (Wildman–Crippen MR) is 58.9 cm³/mol. The maximum Gasteiger partial charge on any atom is 0.219 e. The van der Waals surface area contributed by atoms with Crippen molar-refractivity contribution in [1.29, 1.82) is 0 Å². The predicted octanol–water partition coefficient (Wildman–Crippen LogP) is 0.706. The Labute approximate surface area is 94.4 Å². The van der Waals surface area contributed by atoms with Gasteiger partial charge in [-0.1, -0.05) is 0 Å². The van der Waals surface area contributed by atoms with Gasteiger partial charge in [0.05, 0.1) is 5.56 Å². The third kappa shape index (κ3) is 3.32. The second-order valence-corrected chi connectivity index (χ2v) is 3.11. The number of nitrogens with zero attached hydrogens (tertiary/aromatic N) is 2. The molecule has 0 aromatic carbocycles. The van der Waals surface area contributed by atoms with Gasteiger partial charge in [0.15, 0.2) is 6.29 Å². The fourth-order valence-electron chi connectivity index (χ4n) is 1.32. The van der Waals surface area contributed by atoms with E-state index in [1.165, 1.54) is 6.33 Å². The average molecular weight is 227 g/mol. The van der Waals surface area contributed by atoms with Gasteiger partial charge < -0.3 is 20.3 Å². The van der Waals surface area contributed by atoms with Gasteiger partial charge >= 0.3 is 0 Å². The van der Waals surface area contributed by atoms with Gasteiger partial charge in [0.1, 0.15) is 12.1 Å². The molecular formula is C10H17N3O3. The number of aromatic nitrogens is 2. The molecule has 1 aromatic rings. The second kappa shape index (κ2) is 6.24. The molecular weight excluding hydrogens is 210 g/mol. The van der Waals surface area contributed by atoms with E-state index in [9.17, 15) is 5.11 Å². The van der Waals surface area contributed by atoms with Gasteiger partial charge in [-0.3, -0.25) is 0 Å². The van der Waals surface area contributed by atoms with E-state index in [-0.39, 0.29) is 11.7 Å². The number of nitrogens with two attached hydrogens (primary N) is 1. The maximum atomic E-state index is 9.53. The summed E-state index contributed by atoms with van der Waals surface area (Å²) >= 11 is 0. The van der Waals surface area contributed by atoms with Crippen LogP contribution in [0.2, 0.25) is 0 Å². The number of anilines is 1. The summed E-state index contributed by atoms with van der Waals surface area (Å²) in [5, 5.41) is 9.53. The summed E-state index contributed by atoms with van der Waals surface area (Å²) < 4.78 is 10.7. The number of aromatic hydroxyl groups is 1. The topological polar surface area (TPSA) is 90.5 Å². The molecule has 0 aliphatic carbocycles. The van der Waals surface area contributed by atoms with Gasteiger partial charge in [0.2, 0.25) is 5.88 Å². The SMILES string of the molecule is CCOC(Cc1c(N)ncnc1O)OCC. The fraction of sp³-hybridized carbons (Fsp3) is 0.600.